The molecule has 2 saturated heterocycles. The summed E-state index contributed by atoms with van der Waals surface area (Å²) in [7, 11) is -2.33. The van der Waals surface area contributed by atoms with E-state index in [0.717, 1.165) is 0 Å². The fourth-order valence-electron chi connectivity index (χ4n) is 3.70. The molecule has 29 heavy (non-hydrogen) atoms. The maximum Gasteiger partial charge on any atom is 0.246 e. The van der Waals surface area contributed by atoms with Crippen molar-refractivity contribution in [3.8, 4) is 5.75 Å². The lowest BCUT2D eigenvalue weighted by molar-refractivity contribution is -0.121. The number of nitrogens with zero attached hydrogens (tertiary/aromatic N) is 2. The van der Waals surface area contributed by atoms with Crippen molar-refractivity contribution in [1.29, 1.82) is 0 Å². The molecule has 2 heterocycles. The molecule has 0 aliphatic carbocycles. The highest BCUT2D eigenvalue weighted by molar-refractivity contribution is 7.89. The van der Waals surface area contributed by atoms with E-state index in [1.54, 1.807) is 12.1 Å². The minimum atomic E-state index is -3.75. The summed E-state index contributed by atoms with van der Waals surface area (Å²) in [6.07, 6.45) is 0.135. The molecule has 0 unspecified atom stereocenters. The first kappa shape index (κ1) is 22.0. The van der Waals surface area contributed by atoms with Crippen LogP contribution >= 0.6 is 0 Å². The number of carbonyl (C=O) groups excluding carboxylic acids is 1. The number of ether oxygens (including phenoxy) is 3. The molecule has 1 aromatic carbocycles. The summed E-state index contributed by atoms with van der Waals surface area (Å²) in [6.45, 7) is 6.82. The van der Waals surface area contributed by atoms with Gasteiger partial charge in [0.2, 0.25) is 15.9 Å². The van der Waals surface area contributed by atoms with Gasteiger partial charge in [0.05, 0.1) is 39.1 Å². The second-order valence-corrected chi connectivity index (χ2v) is 9.29. The second-order valence-electron chi connectivity index (χ2n) is 7.38. The van der Waals surface area contributed by atoms with Gasteiger partial charge in [-0.05, 0) is 32.0 Å². The summed E-state index contributed by atoms with van der Waals surface area (Å²) in [5, 5.41) is 2.80. The second kappa shape index (κ2) is 9.40. The first-order chi connectivity index (χ1) is 13.8. The van der Waals surface area contributed by atoms with Crippen LogP contribution in [0.3, 0.4) is 0 Å². The van der Waals surface area contributed by atoms with Crippen LogP contribution in [0.4, 0.5) is 5.69 Å². The Morgan fingerprint density at radius 2 is 1.86 bits per heavy atom. The highest BCUT2D eigenvalue weighted by Crippen LogP contribution is 2.30. The van der Waals surface area contributed by atoms with Gasteiger partial charge in [-0.2, -0.15) is 4.31 Å². The molecule has 2 fully saturated rings. The van der Waals surface area contributed by atoms with Gasteiger partial charge < -0.3 is 19.5 Å². The zero-order valence-electron chi connectivity index (χ0n) is 17.1. The van der Waals surface area contributed by atoms with Crippen molar-refractivity contribution in [1.82, 2.24) is 9.21 Å². The predicted molar refractivity (Wildman–Crippen MR) is 108 cm³/mol. The summed E-state index contributed by atoms with van der Waals surface area (Å²) in [4.78, 5) is 14.6. The van der Waals surface area contributed by atoms with Gasteiger partial charge in [-0.1, -0.05) is 0 Å². The number of benzene rings is 1. The Balaban J connectivity index is 1.73. The number of methoxy groups -OCH3 is 1. The monoisotopic (exact) mass is 427 g/mol. The largest absolute Gasteiger partial charge is 0.495 e. The van der Waals surface area contributed by atoms with E-state index in [1.165, 1.54) is 17.5 Å². The molecule has 162 valence electrons. The topological polar surface area (TPSA) is 97.4 Å². The molecule has 0 saturated carbocycles. The van der Waals surface area contributed by atoms with Gasteiger partial charge in [0.15, 0.2) is 0 Å². The van der Waals surface area contributed by atoms with E-state index in [1.807, 2.05) is 18.7 Å². The number of carbonyl (C=O) groups is 1. The number of hydrogen-bond acceptors (Lipinski definition) is 7. The van der Waals surface area contributed by atoms with Crippen LogP contribution in [-0.2, 0) is 24.3 Å². The fraction of sp³-hybridized carbons (Fsp3) is 0.632. The SMILES string of the molecule is COc1ccc(NC(=O)CN2C[C@@H](C)O[C@@H](C)C2)cc1S(=O)(=O)N1CCOCC1. The molecule has 2 atom stereocenters. The molecule has 0 bridgehead atoms. The molecule has 9 nitrogen and oxygen atoms in total. The van der Waals surface area contributed by atoms with E-state index in [2.05, 4.69) is 5.32 Å². The molecule has 0 spiro atoms. The smallest absolute Gasteiger partial charge is 0.246 e. The van der Waals surface area contributed by atoms with Crippen LogP contribution in [-0.4, -0.2) is 88.8 Å². The Hall–Kier alpha value is -1.72. The number of rotatable bonds is 6. The van der Waals surface area contributed by atoms with E-state index in [-0.39, 0.29) is 48.4 Å². The Bertz CT molecular complexity index is 815. The third-order valence-corrected chi connectivity index (χ3v) is 6.82. The van der Waals surface area contributed by atoms with Gasteiger partial charge in [-0.15, -0.1) is 0 Å². The zero-order valence-corrected chi connectivity index (χ0v) is 17.9. The van der Waals surface area contributed by atoms with Crippen molar-refractivity contribution in [2.75, 3.05) is 58.4 Å². The molecular formula is C19H29N3O6S. The molecule has 1 amide bonds. The summed E-state index contributed by atoms with van der Waals surface area (Å²) in [5.41, 5.74) is 0.414. The Kier molecular flexibility index (Phi) is 7.12. The van der Waals surface area contributed by atoms with Crippen molar-refractivity contribution in [2.24, 2.45) is 0 Å². The summed E-state index contributed by atoms with van der Waals surface area (Å²) in [6, 6.07) is 4.65. The van der Waals surface area contributed by atoms with E-state index in [0.29, 0.717) is 32.0 Å². The van der Waals surface area contributed by atoms with Crippen LogP contribution in [0.5, 0.6) is 5.75 Å². The standard InChI is InChI=1S/C19H29N3O6S/c1-14-11-21(12-15(2)28-14)13-19(23)20-16-4-5-17(26-3)18(10-16)29(24,25)22-6-8-27-9-7-22/h4-5,10,14-15H,6-9,11-13H2,1-3H3,(H,20,23)/t14-,15+. The van der Waals surface area contributed by atoms with Gasteiger partial charge in [-0.25, -0.2) is 8.42 Å². The highest BCUT2D eigenvalue weighted by atomic mass is 32.2. The highest BCUT2D eigenvalue weighted by Gasteiger charge is 2.30. The van der Waals surface area contributed by atoms with E-state index >= 15 is 0 Å². The zero-order chi connectivity index (χ0) is 21.0. The molecule has 1 aromatic rings. The number of morpholine rings is 2. The number of hydrogen-bond donors (Lipinski definition) is 1. The molecular weight excluding hydrogens is 398 g/mol. The van der Waals surface area contributed by atoms with Gasteiger partial charge in [0.25, 0.3) is 0 Å². The van der Waals surface area contributed by atoms with Crippen molar-refractivity contribution in [3.63, 3.8) is 0 Å². The lowest BCUT2D eigenvalue weighted by Crippen LogP contribution is -2.48. The van der Waals surface area contributed by atoms with Crippen molar-refractivity contribution in [3.05, 3.63) is 18.2 Å². The minimum absolute atomic E-state index is 0.0355. The van der Waals surface area contributed by atoms with Crippen LogP contribution in [0.2, 0.25) is 0 Å². The van der Waals surface area contributed by atoms with E-state index in [4.69, 9.17) is 14.2 Å². The van der Waals surface area contributed by atoms with Crippen LogP contribution < -0.4 is 10.1 Å². The molecule has 2 aliphatic heterocycles. The van der Waals surface area contributed by atoms with Crippen LogP contribution in [0.1, 0.15) is 13.8 Å². The summed E-state index contributed by atoms with van der Waals surface area (Å²) >= 11 is 0. The lowest BCUT2D eigenvalue weighted by atomic mass is 10.2. The molecule has 3 rings (SSSR count). The van der Waals surface area contributed by atoms with Crippen molar-refractivity contribution >= 4 is 21.6 Å². The summed E-state index contributed by atoms with van der Waals surface area (Å²) < 4.78 is 43.7. The molecule has 10 heteroatoms. The summed E-state index contributed by atoms with van der Waals surface area (Å²) in [5.74, 6) is 0.0384. The third kappa shape index (κ3) is 5.46. The normalized spacial score (nSPS) is 24.2. The molecule has 0 aromatic heterocycles. The predicted octanol–water partition coefficient (Wildman–Crippen LogP) is 0.764. The third-order valence-electron chi connectivity index (χ3n) is 4.90. The number of sulfonamides is 1. The lowest BCUT2D eigenvalue weighted by Gasteiger charge is -2.34. The average molecular weight is 428 g/mol. The number of amides is 1. The van der Waals surface area contributed by atoms with E-state index in [9.17, 15) is 13.2 Å². The average Bonchev–Trinajstić information content (AvgIpc) is 2.67. The van der Waals surface area contributed by atoms with Gasteiger partial charge in [0.1, 0.15) is 10.6 Å². The number of anilines is 1. The number of nitrogens with one attached hydrogen (secondary N) is 1. The maximum atomic E-state index is 13.0. The molecule has 0 radical (unpaired) electrons. The minimum Gasteiger partial charge on any atom is -0.495 e. The molecule has 2 aliphatic rings. The first-order valence-corrected chi connectivity index (χ1v) is 11.2. The van der Waals surface area contributed by atoms with Gasteiger partial charge in [0, 0.05) is 31.9 Å². The van der Waals surface area contributed by atoms with E-state index < -0.39 is 10.0 Å². The Morgan fingerprint density at radius 3 is 2.48 bits per heavy atom. The van der Waals surface area contributed by atoms with Crippen LogP contribution in [0, 0.1) is 0 Å². The van der Waals surface area contributed by atoms with Crippen molar-refractivity contribution < 1.29 is 27.4 Å². The Labute approximate surface area is 171 Å². The quantitative estimate of drug-likeness (QED) is 0.716. The van der Waals surface area contributed by atoms with Gasteiger partial charge >= 0.3 is 0 Å². The van der Waals surface area contributed by atoms with Crippen molar-refractivity contribution in [2.45, 2.75) is 31.0 Å². The fourth-order valence-corrected chi connectivity index (χ4v) is 5.29. The van der Waals surface area contributed by atoms with Crippen LogP contribution in [0.25, 0.3) is 0 Å². The first-order valence-electron chi connectivity index (χ1n) is 9.73. The molecule has 1 N–H and O–H groups in total. The van der Waals surface area contributed by atoms with Gasteiger partial charge in [-0.3, -0.25) is 9.69 Å². The maximum absolute atomic E-state index is 13.0. The Morgan fingerprint density at radius 1 is 1.21 bits per heavy atom. The van der Waals surface area contributed by atoms with Crippen LogP contribution in [0.15, 0.2) is 23.1 Å².